The molecule has 0 heterocycles. The molecule has 4 atom stereocenters. The molecular weight excluding hydrogens is 448 g/mol. The summed E-state index contributed by atoms with van der Waals surface area (Å²) in [7, 11) is 0. The monoisotopic (exact) mass is 478 g/mol. The van der Waals surface area contributed by atoms with Crippen molar-refractivity contribution < 1.29 is 44.1 Å². The summed E-state index contributed by atoms with van der Waals surface area (Å²) >= 11 is 3.86. The van der Waals surface area contributed by atoms with E-state index in [1.54, 1.807) is 13.8 Å². The molecule has 32 heavy (non-hydrogen) atoms. The van der Waals surface area contributed by atoms with Crippen LogP contribution in [0.2, 0.25) is 0 Å². The molecule has 0 saturated carbocycles. The minimum atomic E-state index is -1.48. The third-order valence-electron chi connectivity index (χ3n) is 4.15. The third-order valence-corrected chi connectivity index (χ3v) is 4.51. The predicted octanol–water partition coefficient (Wildman–Crippen LogP) is -1.83. The summed E-state index contributed by atoms with van der Waals surface area (Å²) in [6.07, 6.45) is -1.45. The van der Waals surface area contributed by atoms with Crippen LogP contribution in [0.4, 0.5) is 0 Å². The van der Waals surface area contributed by atoms with Crippen LogP contribution >= 0.6 is 12.6 Å². The van der Waals surface area contributed by atoms with Crippen LogP contribution in [-0.4, -0.2) is 80.9 Å². The molecule has 0 aromatic heterocycles. The first-order valence-corrected chi connectivity index (χ1v) is 10.4. The number of hydrogen-bond donors (Lipinski definition) is 8. The van der Waals surface area contributed by atoms with Gasteiger partial charge in [-0.2, -0.15) is 12.6 Å². The van der Waals surface area contributed by atoms with Crippen molar-refractivity contribution >= 4 is 48.3 Å². The largest absolute Gasteiger partial charge is 0.481 e. The smallest absolute Gasteiger partial charge is 0.327 e. The Morgan fingerprint density at radius 1 is 0.812 bits per heavy atom. The van der Waals surface area contributed by atoms with Crippen molar-refractivity contribution in [1.82, 2.24) is 16.0 Å². The highest BCUT2D eigenvalue weighted by Crippen LogP contribution is 2.08. The highest BCUT2D eigenvalue weighted by Gasteiger charge is 2.31. The average molecular weight is 479 g/mol. The number of hydrogen-bond acceptors (Lipinski definition) is 8. The molecule has 4 unspecified atom stereocenters. The Bertz CT molecular complexity index is 717. The maximum Gasteiger partial charge on any atom is 0.327 e. The number of carboxylic acid groups (broad SMARTS) is 3. The molecule has 0 rings (SSSR count). The van der Waals surface area contributed by atoms with Crippen molar-refractivity contribution in [2.45, 2.75) is 63.7 Å². The number of amides is 3. The maximum absolute atomic E-state index is 12.7. The number of nitrogens with two attached hydrogens (primary N) is 1. The first-order chi connectivity index (χ1) is 14.8. The van der Waals surface area contributed by atoms with Gasteiger partial charge in [0.15, 0.2) is 0 Å². The van der Waals surface area contributed by atoms with Gasteiger partial charge in [0, 0.05) is 12.2 Å². The fraction of sp³-hybridized carbons (Fsp3) is 0.667. The van der Waals surface area contributed by atoms with E-state index in [0.29, 0.717) is 0 Å². The number of rotatable bonds is 15. The second-order valence-corrected chi connectivity index (χ2v) is 7.84. The number of carbonyl (C=O) groups excluding carboxylic acids is 3. The lowest BCUT2D eigenvalue weighted by molar-refractivity contribution is -0.141. The molecule has 0 aliphatic carbocycles. The third kappa shape index (κ3) is 11.5. The first-order valence-electron chi connectivity index (χ1n) is 9.72. The van der Waals surface area contributed by atoms with Gasteiger partial charge < -0.3 is 37.0 Å². The van der Waals surface area contributed by atoms with E-state index in [2.05, 4.69) is 28.6 Å². The molecule has 0 aliphatic heterocycles. The van der Waals surface area contributed by atoms with Gasteiger partial charge in [0.1, 0.15) is 18.1 Å². The predicted molar refractivity (Wildman–Crippen MR) is 114 cm³/mol. The van der Waals surface area contributed by atoms with E-state index in [1.165, 1.54) is 0 Å². The lowest BCUT2D eigenvalue weighted by Crippen LogP contribution is -2.57. The number of carbonyl (C=O) groups is 6. The van der Waals surface area contributed by atoms with Crippen molar-refractivity contribution in [2.24, 2.45) is 11.7 Å². The van der Waals surface area contributed by atoms with Crippen LogP contribution in [0.5, 0.6) is 0 Å². The van der Waals surface area contributed by atoms with Gasteiger partial charge in [-0.05, 0) is 18.8 Å². The van der Waals surface area contributed by atoms with E-state index < -0.39 is 72.6 Å². The van der Waals surface area contributed by atoms with E-state index in [9.17, 15) is 28.8 Å². The zero-order valence-corrected chi connectivity index (χ0v) is 18.6. The lowest BCUT2D eigenvalue weighted by atomic mass is 10.0. The molecule has 182 valence electrons. The van der Waals surface area contributed by atoms with E-state index in [0.717, 1.165) is 0 Å². The summed E-state index contributed by atoms with van der Waals surface area (Å²) < 4.78 is 0. The minimum Gasteiger partial charge on any atom is -0.481 e. The van der Waals surface area contributed by atoms with Gasteiger partial charge in [-0.15, -0.1) is 0 Å². The molecule has 0 bridgehead atoms. The molecule has 0 spiro atoms. The second-order valence-electron chi connectivity index (χ2n) is 7.47. The van der Waals surface area contributed by atoms with Crippen molar-refractivity contribution in [3.8, 4) is 0 Å². The Morgan fingerprint density at radius 3 is 1.75 bits per heavy atom. The number of thiol groups is 1. The molecule has 8 N–H and O–H groups in total. The molecule has 0 aliphatic rings. The summed E-state index contributed by atoms with van der Waals surface area (Å²) in [5.74, 6) is -6.87. The van der Waals surface area contributed by atoms with Gasteiger partial charge in [0.2, 0.25) is 17.7 Å². The van der Waals surface area contributed by atoms with Gasteiger partial charge in [-0.3, -0.25) is 24.0 Å². The fourth-order valence-electron chi connectivity index (χ4n) is 2.53. The minimum absolute atomic E-state index is 0.0959. The van der Waals surface area contributed by atoms with Crippen molar-refractivity contribution in [3.05, 3.63) is 0 Å². The van der Waals surface area contributed by atoms with Crippen molar-refractivity contribution in [2.75, 3.05) is 5.75 Å². The highest BCUT2D eigenvalue weighted by molar-refractivity contribution is 7.80. The maximum atomic E-state index is 12.7. The zero-order chi connectivity index (χ0) is 25.0. The zero-order valence-electron chi connectivity index (χ0n) is 17.7. The summed E-state index contributed by atoms with van der Waals surface area (Å²) in [6, 6.07) is -5.37. The van der Waals surface area contributed by atoms with Gasteiger partial charge in [0.05, 0.1) is 12.5 Å². The molecule has 0 aromatic carbocycles. The van der Waals surface area contributed by atoms with Crippen LogP contribution < -0.4 is 21.7 Å². The average Bonchev–Trinajstić information content (AvgIpc) is 2.66. The Balaban J connectivity index is 5.49. The summed E-state index contributed by atoms with van der Waals surface area (Å²) in [6.45, 7) is 3.52. The van der Waals surface area contributed by atoms with Crippen LogP contribution in [0.1, 0.15) is 39.5 Å². The Morgan fingerprint density at radius 2 is 1.31 bits per heavy atom. The van der Waals surface area contributed by atoms with E-state index in [4.69, 9.17) is 21.1 Å². The summed E-state index contributed by atoms with van der Waals surface area (Å²) in [5, 5.41) is 33.6. The highest BCUT2D eigenvalue weighted by atomic mass is 32.1. The lowest BCUT2D eigenvalue weighted by Gasteiger charge is -2.25. The number of carboxylic acids is 3. The number of aliphatic carboxylic acids is 3. The van der Waals surface area contributed by atoms with Gasteiger partial charge in [0.25, 0.3) is 0 Å². The second kappa shape index (κ2) is 14.2. The van der Waals surface area contributed by atoms with Crippen molar-refractivity contribution in [3.63, 3.8) is 0 Å². The topological polar surface area (TPSA) is 225 Å². The van der Waals surface area contributed by atoms with Gasteiger partial charge in [-0.1, -0.05) is 13.8 Å². The summed E-state index contributed by atoms with van der Waals surface area (Å²) in [4.78, 5) is 70.2. The molecule has 0 aromatic rings. The first kappa shape index (κ1) is 29.1. The fourth-order valence-corrected chi connectivity index (χ4v) is 2.78. The van der Waals surface area contributed by atoms with Gasteiger partial charge in [-0.25, -0.2) is 4.79 Å². The Hall–Kier alpha value is -2.87. The van der Waals surface area contributed by atoms with Gasteiger partial charge >= 0.3 is 17.9 Å². The number of nitrogens with one attached hydrogen (secondary N) is 3. The van der Waals surface area contributed by atoms with Crippen LogP contribution in [0.3, 0.4) is 0 Å². The van der Waals surface area contributed by atoms with Crippen molar-refractivity contribution in [1.29, 1.82) is 0 Å². The van der Waals surface area contributed by atoms with Crippen LogP contribution in [0, 0.1) is 5.92 Å². The molecular formula is C18H30N4O9S. The molecule has 14 heteroatoms. The van der Waals surface area contributed by atoms with Crippen LogP contribution in [-0.2, 0) is 28.8 Å². The Kier molecular flexibility index (Phi) is 13.0. The Labute approximate surface area is 189 Å². The normalized spacial score (nSPS) is 14.5. The van der Waals surface area contributed by atoms with Crippen LogP contribution in [0.25, 0.3) is 0 Å². The quantitative estimate of drug-likeness (QED) is 0.123. The molecule has 0 radical (unpaired) electrons. The van der Waals surface area contributed by atoms with E-state index in [1.807, 2.05) is 0 Å². The molecule has 13 nitrogen and oxygen atoms in total. The summed E-state index contributed by atoms with van der Waals surface area (Å²) in [5.41, 5.74) is 5.47. The van der Waals surface area contributed by atoms with E-state index >= 15 is 0 Å². The van der Waals surface area contributed by atoms with Crippen LogP contribution in [0.15, 0.2) is 0 Å². The van der Waals surface area contributed by atoms with E-state index in [-0.39, 0.29) is 24.5 Å². The molecule has 0 saturated heterocycles. The molecule has 0 fully saturated rings. The standard InChI is InChI=1S/C18H30N4O9S/c1-8(2)5-11(17(29)22-12(7-32)18(30)31)21-16(28)10(3-4-13(23)24)20-15(27)9(19)6-14(25)26/h8-12,32H,3-7,19H2,1-2H3,(H,20,27)(H,21,28)(H,22,29)(H,23,24)(H,25,26)(H,30,31). The molecule has 3 amide bonds. The SMILES string of the molecule is CC(C)CC(NC(=O)C(CCC(=O)O)NC(=O)C(N)CC(=O)O)C(=O)NC(CS)C(=O)O.